The quantitative estimate of drug-likeness (QED) is 0.474. The maximum atomic E-state index is 11.7. The molecule has 0 bridgehead atoms. The largest absolute Gasteiger partial charge is 0.376 e. The van der Waals surface area contributed by atoms with Gasteiger partial charge in [-0.15, -0.1) is 0 Å². The van der Waals surface area contributed by atoms with Crippen molar-refractivity contribution in [1.29, 1.82) is 0 Å². The molecule has 2 aromatic rings. The molecular weight excluding hydrogens is 340 g/mol. The Morgan fingerprint density at radius 2 is 2.22 bits per heavy atom. The van der Waals surface area contributed by atoms with E-state index in [9.17, 15) is 14.9 Å². The van der Waals surface area contributed by atoms with Crippen molar-refractivity contribution in [2.45, 2.75) is 6.92 Å². The molecule has 7 nitrogen and oxygen atoms in total. The number of amides is 1. The smallest absolute Gasteiger partial charge is 0.324 e. The Morgan fingerprint density at radius 3 is 2.91 bits per heavy atom. The summed E-state index contributed by atoms with van der Waals surface area (Å²) in [5.41, 5.74) is 3.97. The maximum Gasteiger partial charge on any atom is 0.324 e. The van der Waals surface area contributed by atoms with Crippen molar-refractivity contribution >= 4 is 45.7 Å². The fourth-order valence-corrected chi connectivity index (χ4v) is 2.56. The van der Waals surface area contributed by atoms with Gasteiger partial charge in [0.2, 0.25) is 0 Å². The van der Waals surface area contributed by atoms with Crippen molar-refractivity contribution in [3.05, 3.63) is 55.9 Å². The van der Waals surface area contributed by atoms with E-state index in [1.165, 1.54) is 12.3 Å². The average Bonchev–Trinajstić information content (AvgIpc) is 2.98. The van der Waals surface area contributed by atoms with Crippen molar-refractivity contribution in [2.24, 2.45) is 5.10 Å². The third kappa shape index (κ3) is 4.76. The first-order valence-corrected chi connectivity index (χ1v) is 7.72. The van der Waals surface area contributed by atoms with Crippen molar-refractivity contribution in [3.8, 4) is 0 Å². The highest BCUT2D eigenvalue weighted by Gasteiger charge is 2.08. The molecule has 23 heavy (non-hydrogen) atoms. The highest BCUT2D eigenvalue weighted by molar-refractivity contribution is 7.16. The van der Waals surface area contributed by atoms with Gasteiger partial charge in [-0.25, -0.2) is 5.43 Å². The lowest BCUT2D eigenvalue weighted by Gasteiger charge is -2.09. The minimum atomic E-state index is -0.474. The van der Waals surface area contributed by atoms with Crippen LogP contribution in [0.3, 0.4) is 0 Å². The van der Waals surface area contributed by atoms with Crippen molar-refractivity contribution in [2.75, 3.05) is 11.9 Å². The minimum absolute atomic E-state index is 0.0240. The van der Waals surface area contributed by atoms with Crippen LogP contribution in [-0.4, -0.2) is 23.6 Å². The Labute approximate surface area is 141 Å². The SMILES string of the molecule is Cc1c(Cl)cccc1NCC(=O)N/N=C/c1ccc([N+](=O)[O-])s1. The first-order valence-electron chi connectivity index (χ1n) is 6.52. The second-order valence-electron chi connectivity index (χ2n) is 4.49. The molecule has 0 aliphatic carbocycles. The number of hydrogen-bond donors (Lipinski definition) is 2. The number of anilines is 1. The van der Waals surface area contributed by atoms with Gasteiger partial charge >= 0.3 is 5.00 Å². The molecule has 1 amide bonds. The second kappa shape index (κ2) is 7.70. The first-order chi connectivity index (χ1) is 11.0. The van der Waals surface area contributed by atoms with Crippen LogP contribution in [0.4, 0.5) is 10.7 Å². The number of rotatable bonds is 6. The van der Waals surface area contributed by atoms with E-state index in [1.54, 1.807) is 18.2 Å². The number of carbonyl (C=O) groups excluding carboxylic acids is 1. The number of nitrogens with zero attached hydrogens (tertiary/aromatic N) is 2. The number of thiophene rings is 1. The van der Waals surface area contributed by atoms with Crippen LogP contribution < -0.4 is 10.7 Å². The lowest BCUT2D eigenvalue weighted by atomic mass is 10.2. The third-order valence-electron chi connectivity index (χ3n) is 2.88. The summed E-state index contributed by atoms with van der Waals surface area (Å²) in [6, 6.07) is 8.33. The topological polar surface area (TPSA) is 96.6 Å². The molecule has 0 fully saturated rings. The maximum absolute atomic E-state index is 11.7. The van der Waals surface area contributed by atoms with Crippen LogP contribution >= 0.6 is 22.9 Å². The highest BCUT2D eigenvalue weighted by atomic mass is 35.5. The summed E-state index contributed by atoms with van der Waals surface area (Å²) in [5, 5.41) is 17.9. The molecule has 0 aliphatic rings. The molecule has 0 unspecified atom stereocenters. The van der Waals surface area contributed by atoms with E-state index in [0.717, 1.165) is 22.6 Å². The van der Waals surface area contributed by atoms with Crippen LogP contribution in [0.2, 0.25) is 5.02 Å². The molecule has 1 heterocycles. The van der Waals surface area contributed by atoms with Gasteiger partial charge in [0, 0.05) is 16.8 Å². The van der Waals surface area contributed by atoms with E-state index in [-0.39, 0.29) is 17.5 Å². The summed E-state index contributed by atoms with van der Waals surface area (Å²) in [7, 11) is 0. The van der Waals surface area contributed by atoms with Crippen molar-refractivity contribution < 1.29 is 9.72 Å². The monoisotopic (exact) mass is 352 g/mol. The Kier molecular flexibility index (Phi) is 5.67. The number of nitrogens with one attached hydrogen (secondary N) is 2. The van der Waals surface area contributed by atoms with Crippen LogP contribution in [0.15, 0.2) is 35.4 Å². The van der Waals surface area contributed by atoms with Gasteiger partial charge in [-0.05, 0) is 30.7 Å². The number of hydrazone groups is 1. The third-order valence-corrected chi connectivity index (χ3v) is 4.26. The van der Waals surface area contributed by atoms with Gasteiger partial charge in [0.25, 0.3) is 5.91 Å². The van der Waals surface area contributed by atoms with Crippen LogP contribution in [0.1, 0.15) is 10.4 Å². The summed E-state index contributed by atoms with van der Waals surface area (Å²) in [5.74, 6) is -0.341. The van der Waals surface area contributed by atoms with Gasteiger partial charge in [-0.2, -0.15) is 5.10 Å². The molecule has 0 aliphatic heterocycles. The molecule has 1 aromatic heterocycles. The number of hydrogen-bond acceptors (Lipinski definition) is 6. The summed E-state index contributed by atoms with van der Waals surface area (Å²) in [6.07, 6.45) is 1.36. The molecule has 0 atom stereocenters. The fraction of sp³-hybridized carbons (Fsp3) is 0.143. The predicted molar refractivity (Wildman–Crippen MR) is 91.4 cm³/mol. The highest BCUT2D eigenvalue weighted by Crippen LogP contribution is 2.23. The molecular formula is C14H13ClN4O3S. The zero-order valence-electron chi connectivity index (χ0n) is 12.1. The van der Waals surface area contributed by atoms with Crippen LogP contribution in [0, 0.1) is 17.0 Å². The molecule has 0 radical (unpaired) electrons. The number of nitro groups is 1. The normalized spacial score (nSPS) is 10.7. The van der Waals surface area contributed by atoms with Crippen LogP contribution in [0.25, 0.3) is 0 Å². The molecule has 0 spiro atoms. The predicted octanol–water partition coefficient (Wildman–Crippen LogP) is 3.18. The molecule has 9 heteroatoms. The second-order valence-corrected chi connectivity index (χ2v) is 5.99. The van der Waals surface area contributed by atoms with E-state index >= 15 is 0 Å². The van der Waals surface area contributed by atoms with Crippen LogP contribution in [0.5, 0.6) is 0 Å². The molecule has 120 valence electrons. The van der Waals surface area contributed by atoms with Crippen molar-refractivity contribution in [3.63, 3.8) is 0 Å². The zero-order valence-corrected chi connectivity index (χ0v) is 13.6. The van der Waals surface area contributed by atoms with Gasteiger partial charge in [-0.1, -0.05) is 29.0 Å². The Hall–Kier alpha value is -2.45. The zero-order chi connectivity index (χ0) is 16.8. The van der Waals surface area contributed by atoms with Gasteiger partial charge in [0.05, 0.1) is 22.6 Å². The average molecular weight is 353 g/mol. The van der Waals surface area contributed by atoms with E-state index in [4.69, 9.17) is 11.6 Å². The van der Waals surface area contributed by atoms with E-state index in [1.807, 2.05) is 13.0 Å². The standard InChI is InChI=1S/C14H13ClN4O3S/c1-9-11(15)3-2-4-12(9)16-8-13(20)18-17-7-10-5-6-14(23-10)19(21)22/h2-7,16H,8H2,1H3,(H,18,20)/b17-7+. The van der Waals surface area contributed by atoms with Gasteiger partial charge in [-0.3, -0.25) is 14.9 Å². The Morgan fingerprint density at radius 1 is 1.43 bits per heavy atom. The summed E-state index contributed by atoms with van der Waals surface area (Å²) in [4.78, 5) is 22.3. The van der Waals surface area contributed by atoms with E-state index in [2.05, 4.69) is 15.8 Å². The van der Waals surface area contributed by atoms with Gasteiger partial charge in [0.1, 0.15) is 0 Å². The minimum Gasteiger partial charge on any atom is -0.376 e. The number of carbonyl (C=O) groups is 1. The van der Waals surface area contributed by atoms with E-state index in [0.29, 0.717) is 9.90 Å². The lowest BCUT2D eigenvalue weighted by Crippen LogP contribution is -2.26. The Balaban J connectivity index is 1.84. The number of halogens is 1. The van der Waals surface area contributed by atoms with Gasteiger partial charge in [0.15, 0.2) is 0 Å². The molecule has 0 saturated carbocycles. The lowest BCUT2D eigenvalue weighted by molar-refractivity contribution is -0.380. The summed E-state index contributed by atoms with van der Waals surface area (Å²) >= 11 is 6.97. The van der Waals surface area contributed by atoms with Gasteiger partial charge < -0.3 is 5.32 Å². The first kappa shape index (κ1) is 16.9. The van der Waals surface area contributed by atoms with Crippen LogP contribution in [-0.2, 0) is 4.79 Å². The number of benzene rings is 1. The van der Waals surface area contributed by atoms with Crippen molar-refractivity contribution in [1.82, 2.24) is 5.43 Å². The summed E-state index contributed by atoms with van der Waals surface area (Å²) in [6.45, 7) is 1.88. The molecule has 2 N–H and O–H groups in total. The Bertz CT molecular complexity index is 760. The molecule has 0 saturated heterocycles. The molecule has 2 rings (SSSR count). The van der Waals surface area contributed by atoms with E-state index < -0.39 is 4.92 Å². The fourth-order valence-electron chi connectivity index (χ4n) is 1.69. The molecule has 1 aromatic carbocycles. The summed E-state index contributed by atoms with van der Waals surface area (Å²) < 4.78 is 0.